The third kappa shape index (κ3) is 3.59. The summed E-state index contributed by atoms with van der Waals surface area (Å²) in [4.78, 5) is 13.4. The van der Waals surface area contributed by atoms with E-state index >= 15 is 0 Å². The first-order valence-corrected chi connectivity index (χ1v) is 8.29. The number of alkyl halides is 3. The molecule has 138 valence electrons. The Morgan fingerprint density at radius 2 is 2.08 bits per heavy atom. The molecule has 1 heterocycles. The molecule has 1 aromatic rings. The second kappa shape index (κ2) is 6.84. The number of hydrogen-bond acceptors (Lipinski definition) is 5. The van der Waals surface area contributed by atoms with Crippen LogP contribution < -0.4 is 4.74 Å². The number of halogens is 3. The maximum absolute atomic E-state index is 12.5. The van der Waals surface area contributed by atoms with E-state index in [9.17, 15) is 28.2 Å². The molecule has 0 aromatic heterocycles. The highest BCUT2D eigenvalue weighted by atomic mass is 19.4. The number of nitrogens with zero attached hydrogens (tertiary/aromatic N) is 1. The van der Waals surface area contributed by atoms with Gasteiger partial charge in [0, 0.05) is 18.2 Å². The zero-order valence-electron chi connectivity index (χ0n) is 13.6. The van der Waals surface area contributed by atoms with Gasteiger partial charge < -0.3 is 14.9 Å². The van der Waals surface area contributed by atoms with E-state index in [1.165, 1.54) is 6.07 Å². The van der Waals surface area contributed by atoms with Gasteiger partial charge in [-0.2, -0.15) is 13.2 Å². The maximum atomic E-state index is 12.5. The Hall–Kier alpha value is -1.80. The Kier molecular flexibility index (Phi) is 4.92. The summed E-state index contributed by atoms with van der Waals surface area (Å²) in [6.45, 7) is 1.50. The minimum atomic E-state index is -5.12. The number of ether oxygens (including phenoxy) is 1. The number of aliphatic hydroxyl groups is 1. The van der Waals surface area contributed by atoms with E-state index in [1.54, 1.807) is 6.07 Å². The molecule has 5 nitrogen and oxygen atoms in total. The summed E-state index contributed by atoms with van der Waals surface area (Å²) in [6, 6.07) is 3.12. The summed E-state index contributed by atoms with van der Waals surface area (Å²) >= 11 is 0. The molecule has 8 heteroatoms. The number of piperidine rings is 1. The van der Waals surface area contributed by atoms with E-state index in [1.807, 2.05) is 0 Å². The second-order valence-corrected chi connectivity index (χ2v) is 6.58. The van der Waals surface area contributed by atoms with Gasteiger partial charge in [0.2, 0.25) is 0 Å². The number of phenolic OH excluding ortho intramolecular Hbond substituents is 1. The number of carbonyl (C=O) groups excluding carboxylic acids is 1. The molecule has 1 fully saturated rings. The molecule has 2 N–H and O–H groups in total. The molecule has 1 saturated heterocycles. The highest BCUT2D eigenvalue weighted by Gasteiger charge is 2.43. The van der Waals surface area contributed by atoms with Gasteiger partial charge in [0.05, 0.1) is 6.61 Å². The molecule has 3 rings (SSSR count). The van der Waals surface area contributed by atoms with Crippen molar-refractivity contribution in [2.45, 2.75) is 37.9 Å². The van der Waals surface area contributed by atoms with E-state index in [2.05, 4.69) is 9.64 Å². The molecule has 0 bridgehead atoms. The van der Waals surface area contributed by atoms with Crippen molar-refractivity contribution in [1.29, 1.82) is 0 Å². The van der Waals surface area contributed by atoms with Crippen LogP contribution in [0.25, 0.3) is 0 Å². The molecular formula is C17H20F3NO4. The van der Waals surface area contributed by atoms with Crippen molar-refractivity contribution in [2.24, 2.45) is 5.92 Å². The zero-order valence-corrected chi connectivity index (χ0v) is 13.6. The van der Waals surface area contributed by atoms with Gasteiger partial charge in [-0.05, 0) is 49.8 Å². The highest BCUT2D eigenvalue weighted by Crippen LogP contribution is 2.42. The van der Waals surface area contributed by atoms with Crippen molar-refractivity contribution in [3.8, 4) is 11.5 Å². The standard InChI is InChI=1S/C17H20F3NO4/c18-17(19,20)16(24)25-15-12-8-11-2-1-5-21(6-7-22)13(11)9-10(12)3-4-14(15)23/h3-4,11,13,22-23H,1-2,5-9H2/t11-,13-/m1/s1. The van der Waals surface area contributed by atoms with Crippen molar-refractivity contribution in [1.82, 2.24) is 4.90 Å². The van der Waals surface area contributed by atoms with Gasteiger partial charge in [0.1, 0.15) is 0 Å². The highest BCUT2D eigenvalue weighted by molar-refractivity contribution is 5.79. The van der Waals surface area contributed by atoms with Crippen LogP contribution in [-0.4, -0.2) is 53.0 Å². The molecule has 1 aliphatic carbocycles. The fourth-order valence-corrected chi connectivity index (χ4v) is 3.98. The minimum Gasteiger partial charge on any atom is -0.504 e. The number of fused-ring (bicyclic) bond motifs is 2. The van der Waals surface area contributed by atoms with Crippen molar-refractivity contribution < 1.29 is 32.9 Å². The number of aromatic hydroxyl groups is 1. The van der Waals surface area contributed by atoms with Gasteiger partial charge in [0.15, 0.2) is 11.5 Å². The SMILES string of the molecule is O=C(Oc1c(O)ccc2c1C[C@H]1CCCN(CCO)[C@@H]1C2)C(F)(F)F. The largest absolute Gasteiger partial charge is 0.504 e. The lowest BCUT2D eigenvalue weighted by atomic mass is 9.75. The lowest BCUT2D eigenvalue weighted by Crippen LogP contribution is -2.50. The predicted molar refractivity (Wildman–Crippen MR) is 82.4 cm³/mol. The molecule has 0 radical (unpaired) electrons. The summed E-state index contributed by atoms with van der Waals surface area (Å²) in [6.07, 6.45) is -2.23. The van der Waals surface area contributed by atoms with Gasteiger partial charge in [-0.25, -0.2) is 4.79 Å². The van der Waals surface area contributed by atoms with Crippen LogP contribution >= 0.6 is 0 Å². The average molecular weight is 359 g/mol. The first-order valence-electron chi connectivity index (χ1n) is 8.29. The van der Waals surface area contributed by atoms with Crippen LogP contribution in [0.4, 0.5) is 13.2 Å². The maximum Gasteiger partial charge on any atom is 0.491 e. The molecule has 0 unspecified atom stereocenters. The number of phenols is 1. The van der Waals surface area contributed by atoms with Gasteiger partial charge >= 0.3 is 12.1 Å². The number of carbonyl (C=O) groups is 1. The molecule has 0 saturated carbocycles. The number of likely N-dealkylation sites (tertiary alicyclic amines) is 1. The van der Waals surface area contributed by atoms with E-state index in [0.717, 1.165) is 24.9 Å². The number of esters is 1. The van der Waals surface area contributed by atoms with E-state index in [4.69, 9.17) is 0 Å². The Morgan fingerprint density at radius 1 is 1.32 bits per heavy atom. The fourth-order valence-electron chi connectivity index (χ4n) is 3.98. The van der Waals surface area contributed by atoms with Crippen LogP contribution in [0, 0.1) is 5.92 Å². The Morgan fingerprint density at radius 3 is 2.76 bits per heavy atom. The van der Waals surface area contributed by atoms with E-state index in [-0.39, 0.29) is 24.3 Å². The summed E-state index contributed by atoms with van der Waals surface area (Å²) in [7, 11) is 0. The van der Waals surface area contributed by atoms with Gasteiger partial charge in [0.25, 0.3) is 0 Å². The summed E-state index contributed by atoms with van der Waals surface area (Å²) in [5.41, 5.74) is 1.25. The van der Waals surface area contributed by atoms with Crippen molar-refractivity contribution in [3.63, 3.8) is 0 Å². The topological polar surface area (TPSA) is 70.0 Å². The minimum absolute atomic E-state index is 0.0557. The Balaban J connectivity index is 1.90. The Bertz CT molecular complexity index is 660. The van der Waals surface area contributed by atoms with E-state index < -0.39 is 17.9 Å². The Labute approximate surface area is 143 Å². The van der Waals surface area contributed by atoms with Crippen molar-refractivity contribution in [2.75, 3.05) is 19.7 Å². The van der Waals surface area contributed by atoms with Crippen LogP contribution in [0.15, 0.2) is 12.1 Å². The summed E-state index contributed by atoms with van der Waals surface area (Å²) in [5.74, 6) is -2.97. The molecule has 1 aliphatic heterocycles. The average Bonchev–Trinajstić information content (AvgIpc) is 2.55. The van der Waals surface area contributed by atoms with E-state index in [0.29, 0.717) is 24.9 Å². The molecule has 2 aliphatic rings. The summed E-state index contributed by atoms with van der Waals surface area (Å²) < 4.78 is 42.0. The fraction of sp³-hybridized carbons (Fsp3) is 0.588. The second-order valence-electron chi connectivity index (χ2n) is 6.58. The molecule has 25 heavy (non-hydrogen) atoms. The van der Waals surface area contributed by atoms with Gasteiger partial charge in [-0.15, -0.1) is 0 Å². The van der Waals surface area contributed by atoms with Crippen LogP contribution in [-0.2, 0) is 17.6 Å². The molecule has 0 spiro atoms. The third-order valence-corrected chi connectivity index (χ3v) is 5.08. The number of hydrogen-bond donors (Lipinski definition) is 2. The number of rotatable bonds is 3. The third-order valence-electron chi connectivity index (χ3n) is 5.08. The zero-order chi connectivity index (χ0) is 18.2. The van der Waals surface area contributed by atoms with Crippen molar-refractivity contribution in [3.05, 3.63) is 23.3 Å². The number of β-amino-alcohol motifs (C(OH)–C–C–N with tert-alkyl or cyclic N) is 1. The smallest absolute Gasteiger partial charge is 0.491 e. The summed E-state index contributed by atoms with van der Waals surface area (Å²) in [5, 5.41) is 19.1. The van der Waals surface area contributed by atoms with Crippen LogP contribution in [0.5, 0.6) is 11.5 Å². The predicted octanol–water partition coefficient (Wildman–Crippen LogP) is 2.03. The lowest BCUT2D eigenvalue weighted by molar-refractivity contribution is -0.189. The van der Waals surface area contributed by atoms with Crippen LogP contribution in [0.3, 0.4) is 0 Å². The molecular weight excluding hydrogens is 339 g/mol. The van der Waals surface area contributed by atoms with Gasteiger partial charge in [-0.3, -0.25) is 4.90 Å². The van der Waals surface area contributed by atoms with Crippen molar-refractivity contribution >= 4 is 5.97 Å². The number of aliphatic hydroxyl groups excluding tert-OH is 1. The molecule has 1 aromatic carbocycles. The van der Waals surface area contributed by atoms with Crippen LogP contribution in [0.2, 0.25) is 0 Å². The normalized spacial score (nSPS) is 23.7. The van der Waals surface area contributed by atoms with Crippen LogP contribution in [0.1, 0.15) is 24.0 Å². The molecule has 0 amide bonds. The lowest BCUT2D eigenvalue weighted by Gasteiger charge is -2.44. The molecule has 2 atom stereocenters. The van der Waals surface area contributed by atoms with Gasteiger partial charge in [-0.1, -0.05) is 6.07 Å². The first-order chi connectivity index (χ1) is 11.8. The monoisotopic (exact) mass is 359 g/mol. The quantitative estimate of drug-likeness (QED) is 0.638. The number of benzene rings is 1. The first kappa shape index (κ1) is 18.0.